The number of fused-ring (bicyclic) bond motifs is 1. The first-order chi connectivity index (χ1) is 12.0. The van der Waals surface area contributed by atoms with Gasteiger partial charge in [-0.25, -0.2) is 9.37 Å². The first-order valence-electron chi connectivity index (χ1n) is 7.58. The van der Waals surface area contributed by atoms with Gasteiger partial charge < -0.3 is 4.74 Å². The summed E-state index contributed by atoms with van der Waals surface area (Å²) in [7, 11) is 1.34. The monoisotopic (exact) mass is 345 g/mol. The number of hydrogen-bond acceptors (Lipinski definition) is 5. The first kappa shape index (κ1) is 16.6. The number of nitrogens with one attached hydrogen (secondary N) is 2. The van der Waals surface area contributed by atoms with Gasteiger partial charge in [0.05, 0.1) is 12.8 Å². The maximum atomic E-state index is 14.0. The molecule has 0 atom stereocenters. The molecule has 1 amide bonds. The molecule has 0 bridgehead atoms. The highest BCUT2D eigenvalue weighted by Crippen LogP contribution is 2.22. The zero-order valence-corrected chi connectivity index (χ0v) is 13.9. The molecule has 25 heavy (non-hydrogen) atoms. The van der Waals surface area contributed by atoms with Gasteiger partial charge in [-0.05, 0) is 25.5 Å². The quantitative estimate of drug-likeness (QED) is 0.749. The topological polar surface area (TPSA) is 101 Å². The fraction of sp³-hybridized carbons (Fsp3) is 0.250. The number of benzene rings is 1. The van der Waals surface area contributed by atoms with Gasteiger partial charge in [-0.3, -0.25) is 20.0 Å². The van der Waals surface area contributed by atoms with Gasteiger partial charge in [-0.2, -0.15) is 9.50 Å². The Morgan fingerprint density at radius 3 is 2.84 bits per heavy atom. The van der Waals surface area contributed by atoms with Gasteiger partial charge in [-0.1, -0.05) is 13.0 Å². The van der Waals surface area contributed by atoms with Gasteiger partial charge in [-0.15, -0.1) is 0 Å². The zero-order valence-electron chi connectivity index (χ0n) is 13.9. The van der Waals surface area contributed by atoms with Crippen LogP contribution in [0.1, 0.15) is 28.5 Å². The normalized spacial score (nSPS) is 10.9. The molecule has 0 saturated carbocycles. The van der Waals surface area contributed by atoms with Gasteiger partial charge in [0.1, 0.15) is 17.1 Å². The van der Waals surface area contributed by atoms with Crippen molar-refractivity contribution >= 4 is 17.6 Å². The van der Waals surface area contributed by atoms with Crippen LogP contribution in [0.5, 0.6) is 5.75 Å². The molecule has 3 aromatic rings. The van der Waals surface area contributed by atoms with Crippen LogP contribution in [0.3, 0.4) is 0 Å². The van der Waals surface area contributed by atoms with Crippen LogP contribution < -0.4 is 15.6 Å². The number of amides is 1. The Labute approximate surface area is 141 Å². The SMILES string of the molecule is CCc1c(C)nc2nc(NC(=O)c3c(F)cccc3OC)[nH]n2c1=O. The molecule has 0 unspecified atom stereocenters. The number of nitrogens with zero attached hydrogens (tertiary/aromatic N) is 3. The molecular weight excluding hydrogens is 329 g/mol. The molecule has 2 aromatic heterocycles. The van der Waals surface area contributed by atoms with Crippen molar-refractivity contribution in [1.29, 1.82) is 0 Å². The summed E-state index contributed by atoms with van der Waals surface area (Å²) < 4.78 is 20.1. The minimum absolute atomic E-state index is 0.0208. The number of hydrogen-bond donors (Lipinski definition) is 2. The van der Waals surface area contributed by atoms with Crippen molar-refractivity contribution in [1.82, 2.24) is 19.6 Å². The number of rotatable bonds is 4. The molecule has 1 aromatic carbocycles. The lowest BCUT2D eigenvalue weighted by Gasteiger charge is -2.08. The van der Waals surface area contributed by atoms with Crippen LogP contribution in [-0.4, -0.2) is 32.6 Å². The van der Waals surface area contributed by atoms with E-state index in [1.807, 2.05) is 6.92 Å². The molecule has 0 aliphatic carbocycles. The van der Waals surface area contributed by atoms with Crippen LogP contribution in [0.4, 0.5) is 10.3 Å². The van der Waals surface area contributed by atoms with Crippen molar-refractivity contribution in [3.8, 4) is 5.75 Å². The van der Waals surface area contributed by atoms with Gasteiger partial charge in [0, 0.05) is 5.56 Å². The lowest BCUT2D eigenvalue weighted by molar-refractivity contribution is 0.101. The van der Waals surface area contributed by atoms with Gasteiger partial charge in [0.25, 0.3) is 17.2 Å². The van der Waals surface area contributed by atoms with Crippen LogP contribution >= 0.6 is 0 Å². The van der Waals surface area contributed by atoms with Crippen molar-refractivity contribution in [2.24, 2.45) is 0 Å². The predicted molar refractivity (Wildman–Crippen MR) is 88.6 cm³/mol. The Bertz CT molecular complexity index is 1020. The van der Waals surface area contributed by atoms with Crippen LogP contribution in [0.2, 0.25) is 0 Å². The summed E-state index contributed by atoms with van der Waals surface area (Å²) in [5.41, 5.74) is 0.583. The number of methoxy groups -OCH3 is 1. The fourth-order valence-electron chi connectivity index (χ4n) is 2.58. The van der Waals surface area contributed by atoms with E-state index in [1.54, 1.807) is 6.92 Å². The maximum Gasteiger partial charge on any atom is 0.277 e. The molecule has 0 spiro atoms. The molecule has 0 aliphatic heterocycles. The van der Waals surface area contributed by atoms with Gasteiger partial charge in [0.2, 0.25) is 5.95 Å². The smallest absolute Gasteiger partial charge is 0.277 e. The van der Waals surface area contributed by atoms with E-state index in [1.165, 1.54) is 19.2 Å². The Kier molecular flexibility index (Phi) is 4.22. The fourth-order valence-corrected chi connectivity index (χ4v) is 2.58. The summed E-state index contributed by atoms with van der Waals surface area (Å²) in [6.07, 6.45) is 0.522. The van der Waals surface area contributed by atoms with Crippen molar-refractivity contribution in [2.75, 3.05) is 12.4 Å². The summed E-state index contributed by atoms with van der Waals surface area (Å²) in [5, 5.41) is 5.08. The third-order valence-corrected chi connectivity index (χ3v) is 3.80. The number of aromatic amines is 1. The third kappa shape index (κ3) is 2.84. The van der Waals surface area contributed by atoms with Crippen molar-refractivity contribution in [3.05, 3.63) is 51.2 Å². The molecule has 0 saturated heterocycles. The van der Waals surface area contributed by atoms with Crippen molar-refractivity contribution in [2.45, 2.75) is 20.3 Å². The molecule has 0 aliphatic rings. The van der Waals surface area contributed by atoms with E-state index in [9.17, 15) is 14.0 Å². The summed E-state index contributed by atoms with van der Waals surface area (Å²) in [6, 6.07) is 4.06. The lowest BCUT2D eigenvalue weighted by Crippen LogP contribution is -2.21. The summed E-state index contributed by atoms with van der Waals surface area (Å²) in [4.78, 5) is 33.0. The minimum atomic E-state index is -0.755. The van der Waals surface area contributed by atoms with E-state index < -0.39 is 11.7 Å². The molecule has 2 N–H and O–H groups in total. The second-order valence-electron chi connectivity index (χ2n) is 5.31. The lowest BCUT2D eigenvalue weighted by atomic mass is 10.1. The number of ether oxygens (including phenoxy) is 1. The average Bonchev–Trinajstić information content (AvgIpc) is 2.97. The highest BCUT2D eigenvalue weighted by molar-refractivity contribution is 6.05. The number of anilines is 1. The Morgan fingerprint density at radius 2 is 2.16 bits per heavy atom. The molecule has 0 fully saturated rings. The van der Waals surface area contributed by atoms with E-state index in [2.05, 4.69) is 20.4 Å². The summed E-state index contributed by atoms with van der Waals surface area (Å²) in [5.74, 6) is -1.29. The number of aromatic nitrogens is 4. The summed E-state index contributed by atoms with van der Waals surface area (Å²) >= 11 is 0. The average molecular weight is 345 g/mol. The number of carbonyl (C=O) groups excluding carboxylic acids is 1. The van der Waals surface area contributed by atoms with Gasteiger partial charge >= 0.3 is 0 Å². The first-order valence-corrected chi connectivity index (χ1v) is 7.58. The standard InChI is InChI=1S/C16H16FN5O3/c1-4-9-8(2)18-16-20-15(21-22(16)14(9)24)19-13(23)12-10(17)6-5-7-11(12)25-3/h5-7H,4H2,1-3H3,(H2,18,19,20,21,23). The summed E-state index contributed by atoms with van der Waals surface area (Å²) in [6.45, 7) is 3.57. The number of H-pyrrole nitrogens is 1. The molecule has 9 heteroatoms. The molecule has 2 heterocycles. The minimum Gasteiger partial charge on any atom is -0.496 e. The highest BCUT2D eigenvalue weighted by Gasteiger charge is 2.20. The van der Waals surface area contributed by atoms with Crippen molar-refractivity contribution in [3.63, 3.8) is 0 Å². The van der Waals surface area contributed by atoms with Crippen LogP contribution in [-0.2, 0) is 6.42 Å². The Balaban J connectivity index is 2.01. The van der Waals surface area contributed by atoms with Crippen LogP contribution in [0, 0.1) is 12.7 Å². The Hall–Kier alpha value is -3.23. The van der Waals surface area contributed by atoms with E-state index in [0.717, 1.165) is 10.6 Å². The molecule has 130 valence electrons. The van der Waals surface area contributed by atoms with E-state index in [4.69, 9.17) is 4.74 Å². The second kappa shape index (κ2) is 6.34. The third-order valence-electron chi connectivity index (χ3n) is 3.80. The molecule has 8 nitrogen and oxygen atoms in total. The second-order valence-corrected chi connectivity index (χ2v) is 5.31. The van der Waals surface area contributed by atoms with E-state index in [0.29, 0.717) is 17.7 Å². The maximum absolute atomic E-state index is 14.0. The Morgan fingerprint density at radius 1 is 1.40 bits per heavy atom. The number of aryl methyl sites for hydroxylation is 1. The largest absolute Gasteiger partial charge is 0.496 e. The van der Waals surface area contributed by atoms with E-state index >= 15 is 0 Å². The van der Waals surface area contributed by atoms with Crippen LogP contribution in [0.25, 0.3) is 5.78 Å². The zero-order chi connectivity index (χ0) is 18.1. The predicted octanol–water partition coefficient (Wildman–Crippen LogP) is 1.69. The molecular formula is C16H16FN5O3. The highest BCUT2D eigenvalue weighted by atomic mass is 19.1. The number of halogens is 1. The molecule has 3 rings (SSSR count). The van der Waals surface area contributed by atoms with Gasteiger partial charge in [0.15, 0.2) is 0 Å². The van der Waals surface area contributed by atoms with Crippen LogP contribution in [0.15, 0.2) is 23.0 Å². The molecule has 0 radical (unpaired) electrons. The van der Waals surface area contributed by atoms with Crippen molar-refractivity contribution < 1.29 is 13.9 Å². The van der Waals surface area contributed by atoms with E-state index in [-0.39, 0.29) is 28.6 Å². The number of carbonyl (C=O) groups is 1.